The summed E-state index contributed by atoms with van der Waals surface area (Å²) in [7, 11) is 1.66. The normalized spacial score (nSPS) is 9.74. The van der Waals surface area contributed by atoms with E-state index in [-0.39, 0.29) is 5.91 Å². The number of nitrogens with zero attached hydrogens (tertiary/aromatic N) is 2. The van der Waals surface area contributed by atoms with Gasteiger partial charge in [0.25, 0.3) is 5.91 Å². The number of pyridine rings is 1. The third-order valence-electron chi connectivity index (χ3n) is 2.16. The quantitative estimate of drug-likeness (QED) is 0.565. The maximum absolute atomic E-state index is 11.8. The van der Waals surface area contributed by atoms with Gasteiger partial charge in [-0.15, -0.1) is 11.3 Å². The highest BCUT2D eigenvalue weighted by Gasteiger charge is 2.11. The molecule has 2 aromatic rings. The fourth-order valence-electron chi connectivity index (χ4n) is 1.24. The Bertz CT molecular complexity index is 584. The number of hydrogen-bond donors (Lipinski definition) is 3. The molecule has 2 aromatic heterocycles. The van der Waals surface area contributed by atoms with Gasteiger partial charge in [-0.1, -0.05) is 0 Å². The Morgan fingerprint density at radius 2 is 2.26 bits per heavy atom. The molecule has 6 nitrogen and oxygen atoms in total. The van der Waals surface area contributed by atoms with Crippen molar-refractivity contribution in [2.24, 2.45) is 0 Å². The third-order valence-corrected chi connectivity index (χ3v) is 3.36. The van der Waals surface area contributed by atoms with Crippen molar-refractivity contribution in [1.82, 2.24) is 26.1 Å². The van der Waals surface area contributed by atoms with E-state index in [4.69, 9.17) is 12.2 Å². The third kappa shape index (κ3) is 3.46. The van der Waals surface area contributed by atoms with Gasteiger partial charge >= 0.3 is 0 Å². The van der Waals surface area contributed by atoms with E-state index in [1.807, 2.05) is 12.1 Å². The summed E-state index contributed by atoms with van der Waals surface area (Å²) in [6.45, 7) is 0. The zero-order valence-corrected chi connectivity index (χ0v) is 11.6. The second-order valence-corrected chi connectivity index (χ2v) is 4.70. The molecule has 8 heteroatoms. The van der Waals surface area contributed by atoms with Crippen LogP contribution in [0.25, 0.3) is 10.6 Å². The number of thiazole rings is 1. The molecule has 0 saturated carbocycles. The summed E-state index contributed by atoms with van der Waals surface area (Å²) in [6.07, 6.45) is 3.39. The molecular weight excluding hydrogens is 282 g/mol. The molecule has 98 valence electrons. The molecule has 3 N–H and O–H groups in total. The smallest absolute Gasteiger partial charge is 0.289 e. The SMILES string of the molecule is CNC(=S)NNC(=O)c1csc(-c2cccnc2)n1. The first-order chi connectivity index (χ1) is 9.20. The summed E-state index contributed by atoms with van der Waals surface area (Å²) in [4.78, 5) is 20.0. The van der Waals surface area contributed by atoms with Gasteiger partial charge in [0.05, 0.1) is 0 Å². The average molecular weight is 293 g/mol. The standard InChI is InChI=1S/C11H11N5OS2/c1-12-11(18)16-15-9(17)8-6-19-10(14-8)7-3-2-4-13-5-7/h2-6H,1H3,(H,15,17)(H2,12,16,18). The van der Waals surface area contributed by atoms with Gasteiger partial charge < -0.3 is 5.32 Å². The molecule has 1 amide bonds. The lowest BCUT2D eigenvalue weighted by atomic mass is 10.3. The Hall–Kier alpha value is -2.06. The first-order valence-corrected chi connectivity index (χ1v) is 6.63. The molecule has 0 aliphatic heterocycles. The van der Waals surface area contributed by atoms with Crippen LogP contribution in [-0.2, 0) is 0 Å². The number of rotatable bonds is 2. The molecule has 0 bridgehead atoms. The molecule has 0 atom stereocenters. The van der Waals surface area contributed by atoms with Crippen molar-refractivity contribution >= 4 is 34.6 Å². The first-order valence-electron chi connectivity index (χ1n) is 5.34. The number of hydrogen-bond acceptors (Lipinski definition) is 5. The van der Waals surface area contributed by atoms with Crippen LogP contribution >= 0.6 is 23.6 Å². The number of aromatic nitrogens is 2. The van der Waals surface area contributed by atoms with Crippen LogP contribution in [0.1, 0.15) is 10.5 Å². The van der Waals surface area contributed by atoms with E-state index in [1.54, 1.807) is 24.8 Å². The van der Waals surface area contributed by atoms with Gasteiger partial charge in [-0.2, -0.15) is 0 Å². The summed E-state index contributed by atoms with van der Waals surface area (Å²) in [5.41, 5.74) is 6.21. The number of nitrogens with one attached hydrogen (secondary N) is 3. The van der Waals surface area contributed by atoms with E-state index < -0.39 is 0 Å². The van der Waals surface area contributed by atoms with Crippen LogP contribution in [0.15, 0.2) is 29.9 Å². The molecule has 0 aliphatic rings. The van der Waals surface area contributed by atoms with Crippen LogP contribution in [-0.4, -0.2) is 28.0 Å². The predicted octanol–water partition coefficient (Wildman–Crippen LogP) is 0.944. The molecule has 0 aromatic carbocycles. The van der Waals surface area contributed by atoms with E-state index in [1.165, 1.54) is 11.3 Å². The Morgan fingerprint density at radius 3 is 2.95 bits per heavy atom. The molecule has 0 fully saturated rings. The number of hydrazine groups is 1. The van der Waals surface area contributed by atoms with Crippen molar-refractivity contribution in [3.8, 4) is 10.6 Å². The molecule has 0 saturated heterocycles. The van der Waals surface area contributed by atoms with Crippen molar-refractivity contribution < 1.29 is 4.79 Å². The van der Waals surface area contributed by atoms with E-state index >= 15 is 0 Å². The van der Waals surface area contributed by atoms with Crippen molar-refractivity contribution in [2.75, 3.05) is 7.05 Å². The summed E-state index contributed by atoms with van der Waals surface area (Å²) >= 11 is 6.23. The predicted molar refractivity (Wildman–Crippen MR) is 77.6 cm³/mol. The summed E-state index contributed by atoms with van der Waals surface area (Å²) in [5, 5.41) is 5.44. The van der Waals surface area contributed by atoms with E-state index in [0.29, 0.717) is 10.8 Å². The van der Waals surface area contributed by atoms with E-state index in [9.17, 15) is 4.79 Å². The second kappa shape index (κ2) is 6.21. The molecular formula is C11H11N5OS2. The van der Waals surface area contributed by atoms with Gasteiger partial charge in [-0.05, 0) is 24.4 Å². The Balaban J connectivity index is 2.05. The van der Waals surface area contributed by atoms with Gasteiger partial charge in [0.2, 0.25) is 0 Å². The number of thiocarbonyl (C=S) groups is 1. The minimum atomic E-state index is -0.344. The molecule has 19 heavy (non-hydrogen) atoms. The maximum Gasteiger partial charge on any atom is 0.289 e. The van der Waals surface area contributed by atoms with Gasteiger partial charge in [-0.25, -0.2) is 4.98 Å². The number of carbonyl (C=O) groups excluding carboxylic acids is 1. The van der Waals surface area contributed by atoms with Gasteiger partial charge in [0, 0.05) is 30.4 Å². The zero-order valence-electron chi connectivity index (χ0n) is 10.0. The zero-order chi connectivity index (χ0) is 13.7. The Labute approximate surface area is 119 Å². The minimum Gasteiger partial charge on any atom is -0.364 e. The summed E-state index contributed by atoms with van der Waals surface area (Å²) < 4.78 is 0. The lowest BCUT2D eigenvalue weighted by Crippen LogP contribution is -2.45. The van der Waals surface area contributed by atoms with Crippen LogP contribution in [0.3, 0.4) is 0 Å². The molecule has 0 unspecified atom stereocenters. The fraction of sp³-hybridized carbons (Fsp3) is 0.0909. The monoisotopic (exact) mass is 293 g/mol. The largest absolute Gasteiger partial charge is 0.364 e. The lowest BCUT2D eigenvalue weighted by molar-refractivity contribution is 0.0939. The molecule has 2 heterocycles. The van der Waals surface area contributed by atoms with Crippen LogP contribution in [0.5, 0.6) is 0 Å². The van der Waals surface area contributed by atoms with Crippen molar-refractivity contribution in [3.63, 3.8) is 0 Å². The highest BCUT2D eigenvalue weighted by molar-refractivity contribution is 7.80. The average Bonchev–Trinajstić information content (AvgIpc) is 2.95. The van der Waals surface area contributed by atoms with Gasteiger partial charge in [-0.3, -0.25) is 20.6 Å². The fourth-order valence-corrected chi connectivity index (χ4v) is 2.08. The maximum atomic E-state index is 11.8. The molecule has 0 spiro atoms. The van der Waals surface area contributed by atoms with Crippen LogP contribution in [0.2, 0.25) is 0 Å². The number of amides is 1. The lowest BCUT2D eigenvalue weighted by Gasteiger charge is -2.06. The Morgan fingerprint density at radius 1 is 1.42 bits per heavy atom. The van der Waals surface area contributed by atoms with Gasteiger partial charge in [0.15, 0.2) is 5.11 Å². The summed E-state index contributed by atoms with van der Waals surface area (Å²) in [5.74, 6) is -0.344. The van der Waals surface area contributed by atoms with E-state index in [0.717, 1.165) is 10.6 Å². The minimum absolute atomic E-state index is 0.329. The van der Waals surface area contributed by atoms with Crippen LogP contribution in [0.4, 0.5) is 0 Å². The molecule has 0 radical (unpaired) electrons. The highest BCUT2D eigenvalue weighted by Crippen LogP contribution is 2.22. The Kier molecular flexibility index (Phi) is 4.37. The van der Waals surface area contributed by atoms with Crippen LogP contribution < -0.4 is 16.2 Å². The number of carbonyl (C=O) groups is 1. The van der Waals surface area contributed by atoms with E-state index in [2.05, 4.69) is 26.1 Å². The van der Waals surface area contributed by atoms with Crippen molar-refractivity contribution in [1.29, 1.82) is 0 Å². The molecule has 0 aliphatic carbocycles. The van der Waals surface area contributed by atoms with Gasteiger partial charge in [0.1, 0.15) is 10.7 Å². The van der Waals surface area contributed by atoms with Crippen molar-refractivity contribution in [3.05, 3.63) is 35.6 Å². The molecule has 2 rings (SSSR count). The highest BCUT2D eigenvalue weighted by atomic mass is 32.1. The summed E-state index contributed by atoms with van der Waals surface area (Å²) in [6, 6.07) is 3.71. The topological polar surface area (TPSA) is 78.9 Å². The van der Waals surface area contributed by atoms with Crippen molar-refractivity contribution in [2.45, 2.75) is 0 Å². The van der Waals surface area contributed by atoms with Crippen LogP contribution in [0, 0.1) is 0 Å². The second-order valence-electron chi connectivity index (χ2n) is 3.44. The first kappa shape index (κ1) is 13.4.